The van der Waals surface area contributed by atoms with Crippen LogP contribution in [0.4, 0.5) is 0 Å². The SMILES string of the molecule is Cl.NC(CSSc1ccccc1)=NCC12CC3CC(CC(C3)C1)C2. The normalized spacial score (nSPS) is 34.2. The van der Waals surface area contributed by atoms with E-state index in [-0.39, 0.29) is 12.4 Å². The zero-order valence-corrected chi connectivity index (χ0v) is 16.5. The van der Waals surface area contributed by atoms with E-state index in [1.54, 1.807) is 21.6 Å². The Morgan fingerprint density at radius 2 is 1.62 bits per heavy atom. The summed E-state index contributed by atoms with van der Waals surface area (Å²) in [6.45, 7) is 0.985. The highest BCUT2D eigenvalue weighted by atomic mass is 35.5. The molecule has 2 N–H and O–H groups in total. The Balaban J connectivity index is 0.00000169. The van der Waals surface area contributed by atoms with Gasteiger partial charge in [-0.1, -0.05) is 39.8 Å². The Morgan fingerprint density at radius 3 is 2.21 bits per heavy atom. The van der Waals surface area contributed by atoms with E-state index in [4.69, 9.17) is 10.7 Å². The highest BCUT2D eigenvalue weighted by molar-refractivity contribution is 8.76. The van der Waals surface area contributed by atoms with Gasteiger partial charge in [0, 0.05) is 11.4 Å². The zero-order valence-electron chi connectivity index (χ0n) is 14.0. The summed E-state index contributed by atoms with van der Waals surface area (Å²) >= 11 is 0. The number of nitrogens with zero attached hydrogens (tertiary/aromatic N) is 1. The maximum Gasteiger partial charge on any atom is 0.105 e. The number of hydrogen-bond donors (Lipinski definition) is 1. The molecule has 0 atom stereocenters. The van der Waals surface area contributed by atoms with Crippen molar-refractivity contribution in [2.45, 2.75) is 43.4 Å². The van der Waals surface area contributed by atoms with E-state index in [0.717, 1.165) is 35.9 Å². The summed E-state index contributed by atoms with van der Waals surface area (Å²) in [6.07, 6.45) is 8.76. The Labute approximate surface area is 159 Å². The summed E-state index contributed by atoms with van der Waals surface area (Å²) in [5.74, 6) is 4.66. The van der Waals surface area contributed by atoms with E-state index in [1.807, 2.05) is 0 Å². The van der Waals surface area contributed by atoms with E-state index >= 15 is 0 Å². The van der Waals surface area contributed by atoms with Crippen LogP contribution in [0.1, 0.15) is 38.5 Å². The summed E-state index contributed by atoms with van der Waals surface area (Å²) in [6, 6.07) is 10.5. The van der Waals surface area contributed by atoms with Crippen LogP contribution in [0.25, 0.3) is 0 Å². The molecule has 4 bridgehead atoms. The first-order chi connectivity index (χ1) is 11.2. The van der Waals surface area contributed by atoms with Crippen molar-refractivity contribution in [3.8, 4) is 0 Å². The lowest BCUT2D eigenvalue weighted by atomic mass is 9.49. The lowest BCUT2D eigenvalue weighted by Gasteiger charge is -2.56. The van der Waals surface area contributed by atoms with Crippen molar-refractivity contribution in [2.75, 3.05) is 12.3 Å². The third kappa shape index (κ3) is 4.25. The van der Waals surface area contributed by atoms with Gasteiger partial charge < -0.3 is 5.73 Å². The number of hydrogen-bond acceptors (Lipinski definition) is 3. The molecule has 24 heavy (non-hydrogen) atoms. The van der Waals surface area contributed by atoms with Gasteiger partial charge in [0.1, 0.15) is 5.84 Å². The molecule has 0 radical (unpaired) electrons. The van der Waals surface area contributed by atoms with Gasteiger partial charge in [0.2, 0.25) is 0 Å². The number of benzene rings is 1. The first-order valence-corrected chi connectivity index (χ1v) is 11.2. The predicted octanol–water partition coefficient (Wildman–Crippen LogP) is 5.42. The van der Waals surface area contributed by atoms with E-state index in [9.17, 15) is 0 Å². The van der Waals surface area contributed by atoms with Crippen LogP contribution < -0.4 is 5.73 Å². The van der Waals surface area contributed by atoms with Gasteiger partial charge in [-0.15, -0.1) is 12.4 Å². The largest absolute Gasteiger partial charge is 0.387 e. The molecule has 5 rings (SSSR count). The Kier molecular flexibility index (Phi) is 6.10. The van der Waals surface area contributed by atoms with Crippen LogP contribution in [0.5, 0.6) is 0 Å². The summed E-state index contributed by atoms with van der Waals surface area (Å²) in [5, 5.41) is 0. The van der Waals surface area contributed by atoms with Crippen LogP contribution in [0.15, 0.2) is 40.2 Å². The molecular formula is C19H27ClN2S2. The van der Waals surface area contributed by atoms with E-state index in [2.05, 4.69) is 30.3 Å². The lowest BCUT2D eigenvalue weighted by molar-refractivity contribution is -0.0465. The van der Waals surface area contributed by atoms with Crippen molar-refractivity contribution < 1.29 is 0 Å². The molecule has 132 valence electrons. The van der Waals surface area contributed by atoms with E-state index in [0.29, 0.717) is 5.41 Å². The third-order valence-corrected chi connectivity index (χ3v) is 8.17. The number of halogens is 1. The van der Waals surface area contributed by atoms with Crippen molar-refractivity contribution >= 4 is 39.8 Å². The summed E-state index contributed by atoms with van der Waals surface area (Å²) in [4.78, 5) is 6.09. The molecule has 1 aromatic carbocycles. The summed E-state index contributed by atoms with van der Waals surface area (Å²) < 4.78 is 0. The molecule has 5 heteroatoms. The molecule has 4 fully saturated rings. The second-order valence-electron chi connectivity index (χ2n) is 7.88. The first-order valence-electron chi connectivity index (χ1n) is 8.84. The van der Waals surface area contributed by atoms with Crippen LogP contribution in [-0.4, -0.2) is 18.1 Å². The molecule has 2 nitrogen and oxygen atoms in total. The average molecular weight is 383 g/mol. The van der Waals surface area contributed by atoms with E-state index < -0.39 is 0 Å². The maximum atomic E-state index is 6.18. The van der Waals surface area contributed by atoms with E-state index in [1.165, 1.54) is 43.4 Å². The van der Waals surface area contributed by atoms with Crippen molar-refractivity contribution in [1.82, 2.24) is 0 Å². The first kappa shape index (κ1) is 18.5. The lowest BCUT2D eigenvalue weighted by Crippen LogP contribution is -2.47. The second kappa shape index (κ2) is 7.92. The van der Waals surface area contributed by atoms with Crippen molar-refractivity contribution in [3.63, 3.8) is 0 Å². The van der Waals surface area contributed by atoms with Gasteiger partial charge >= 0.3 is 0 Å². The van der Waals surface area contributed by atoms with Crippen LogP contribution in [0.3, 0.4) is 0 Å². The van der Waals surface area contributed by atoms with Crippen molar-refractivity contribution in [2.24, 2.45) is 33.9 Å². The van der Waals surface area contributed by atoms with Gasteiger partial charge in [-0.2, -0.15) is 0 Å². The molecule has 4 saturated carbocycles. The molecule has 0 saturated heterocycles. The minimum Gasteiger partial charge on any atom is -0.387 e. The average Bonchev–Trinajstić information content (AvgIpc) is 2.53. The van der Waals surface area contributed by atoms with Gasteiger partial charge in [-0.25, -0.2) is 0 Å². The van der Waals surface area contributed by atoms with Crippen LogP contribution >= 0.6 is 34.0 Å². The highest BCUT2D eigenvalue weighted by Gasteiger charge is 2.50. The highest BCUT2D eigenvalue weighted by Crippen LogP contribution is 2.60. The fourth-order valence-corrected chi connectivity index (χ4v) is 7.39. The molecule has 0 spiro atoms. The zero-order chi connectivity index (χ0) is 15.7. The van der Waals surface area contributed by atoms with Gasteiger partial charge in [0.25, 0.3) is 0 Å². The molecule has 0 heterocycles. The van der Waals surface area contributed by atoms with Gasteiger partial charge in [0.15, 0.2) is 0 Å². The summed E-state index contributed by atoms with van der Waals surface area (Å²) in [7, 11) is 3.58. The maximum absolute atomic E-state index is 6.18. The van der Waals surface area contributed by atoms with Crippen LogP contribution in [0, 0.1) is 23.2 Å². The minimum absolute atomic E-state index is 0. The fraction of sp³-hybridized carbons (Fsp3) is 0.632. The molecule has 0 amide bonds. The third-order valence-electron chi connectivity index (χ3n) is 5.89. The molecule has 0 aliphatic heterocycles. The molecular weight excluding hydrogens is 356 g/mol. The van der Waals surface area contributed by atoms with Gasteiger partial charge in [-0.05, 0) is 73.8 Å². The number of amidine groups is 1. The predicted molar refractivity (Wildman–Crippen MR) is 109 cm³/mol. The number of nitrogens with two attached hydrogens (primary N) is 1. The van der Waals surface area contributed by atoms with Gasteiger partial charge in [-0.3, -0.25) is 4.99 Å². The monoisotopic (exact) mass is 382 g/mol. The molecule has 0 aromatic heterocycles. The molecule has 4 aliphatic rings. The smallest absolute Gasteiger partial charge is 0.105 e. The van der Waals surface area contributed by atoms with Gasteiger partial charge in [0.05, 0.1) is 5.75 Å². The quantitative estimate of drug-likeness (QED) is 0.405. The standard InChI is InChI=1S/C19H26N2S2.ClH/c20-18(12-22-23-17-4-2-1-3-5-17)21-13-19-9-14-6-15(10-19)8-16(7-14)11-19;/h1-5,14-16H,6-13H2,(H2,20,21);1H. The number of aliphatic imine (C=N–C) groups is 1. The van der Waals surface area contributed by atoms with Crippen molar-refractivity contribution in [1.29, 1.82) is 0 Å². The minimum atomic E-state index is 0. The second-order valence-corrected chi connectivity index (χ2v) is 10.3. The Hall–Kier alpha value is -0.320. The Bertz CT molecular complexity index is 541. The fourth-order valence-electron chi connectivity index (χ4n) is 5.43. The molecule has 4 aliphatic carbocycles. The van der Waals surface area contributed by atoms with Crippen LogP contribution in [-0.2, 0) is 0 Å². The van der Waals surface area contributed by atoms with Crippen LogP contribution in [0.2, 0.25) is 0 Å². The van der Waals surface area contributed by atoms with Crippen molar-refractivity contribution in [3.05, 3.63) is 30.3 Å². The summed E-state index contributed by atoms with van der Waals surface area (Å²) in [5.41, 5.74) is 6.69. The molecule has 0 unspecified atom stereocenters. The Morgan fingerprint density at radius 1 is 1.04 bits per heavy atom. The molecule has 1 aromatic rings. The number of rotatable bonds is 6. The topological polar surface area (TPSA) is 38.4 Å².